The molecule has 0 amide bonds. The third kappa shape index (κ3) is 12.0. The number of carbonyl (C=O) groups is 2. The van der Waals surface area contributed by atoms with Crippen molar-refractivity contribution in [1.29, 1.82) is 0 Å². The summed E-state index contributed by atoms with van der Waals surface area (Å²) in [5, 5.41) is 8.67. The number of carboxylic acid groups (broad SMARTS) is 1. The van der Waals surface area contributed by atoms with Crippen molar-refractivity contribution >= 4 is 11.9 Å². The molecule has 0 spiro atoms. The van der Waals surface area contributed by atoms with Gasteiger partial charge in [-0.3, -0.25) is 9.59 Å². The topological polar surface area (TPSA) is 82.1 Å². The zero-order valence-corrected chi connectivity index (χ0v) is 14.9. The Morgan fingerprint density at radius 3 is 2.04 bits per heavy atom. The van der Waals surface area contributed by atoms with Crippen LogP contribution in [0.15, 0.2) is 0 Å². The number of rotatable bonds is 14. The van der Waals surface area contributed by atoms with Gasteiger partial charge in [0.05, 0.1) is 13.2 Å². The molecule has 1 N–H and O–H groups in total. The number of carboxylic acids is 1. The third-order valence-electron chi connectivity index (χ3n) is 3.39. The molecule has 0 aromatic carbocycles. The van der Waals surface area contributed by atoms with Gasteiger partial charge in [-0.2, -0.15) is 0 Å². The van der Waals surface area contributed by atoms with Crippen LogP contribution in [0.3, 0.4) is 0 Å². The Morgan fingerprint density at radius 2 is 1.61 bits per heavy atom. The number of ether oxygens (including phenoxy) is 3. The number of unbranched alkanes of at least 4 members (excludes halogenated alkanes) is 2. The molecule has 1 unspecified atom stereocenters. The molecule has 6 heteroatoms. The Labute approximate surface area is 139 Å². The van der Waals surface area contributed by atoms with Gasteiger partial charge in [0.15, 0.2) is 0 Å². The molecule has 0 aliphatic carbocycles. The maximum Gasteiger partial charge on any atom is 0.326 e. The molecule has 0 bridgehead atoms. The predicted molar refractivity (Wildman–Crippen MR) is 86.9 cm³/mol. The molecule has 0 saturated carbocycles. The summed E-state index contributed by atoms with van der Waals surface area (Å²) >= 11 is 0. The standard InChI is InChI=1S/C17H32O6/c1-5-7-11-21-17(4,22-12-8-6-2)23-16(20)13-14(3)9-10-15(18)19/h14H,5-13H2,1-4H3,(H,18,19). The highest BCUT2D eigenvalue weighted by atomic mass is 16.9. The van der Waals surface area contributed by atoms with E-state index in [0.717, 1.165) is 25.7 Å². The van der Waals surface area contributed by atoms with Crippen molar-refractivity contribution in [3.63, 3.8) is 0 Å². The highest BCUT2D eigenvalue weighted by Gasteiger charge is 2.31. The summed E-state index contributed by atoms with van der Waals surface area (Å²) in [6.07, 6.45) is 4.31. The molecular weight excluding hydrogens is 300 g/mol. The molecule has 0 aliphatic heterocycles. The van der Waals surface area contributed by atoms with Crippen LogP contribution in [-0.4, -0.2) is 36.2 Å². The van der Waals surface area contributed by atoms with Crippen LogP contribution in [0.4, 0.5) is 0 Å². The second kappa shape index (κ2) is 12.3. The van der Waals surface area contributed by atoms with Gasteiger partial charge < -0.3 is 19.3 Å². The van der Waals surface area contributed by atoms with Crippen LogP contribution in [0, 0.1) is 5.92 Å². The fraction of sp³-hybridized carbons (Fsp3) is 0.882. The largest absolute Gasteiger partial charge is 0.481 e. The van der Waals surface area contributed by atoms with E-state index in [0.29, 0.717) is 19.6 Å². The van der Waals surface area contributed by atoms with E-state index in [2.05, 4.69) is 13.8 Å². The molecule has 0 aromatic rings. The summed E-state index contributed by atoms with van der Waals surface area (Å²) in [6, 6.07) is 0. The molecule has 23 heavy (non-hydrogen) atoms. The van der Waals surface area contributed by atoms with Gasteiger partial charge in [0.2, 0.25) is 0 Å². The Balaban J connectivity index is 4.41. The fourth-order valence-electron chi connectivity index (χ4n) is 1.91. The smallest absolute Gasteiger partial charge is 0.326 e. The van der Waals surface area contributed by atoms with Crippen molar-refractivity contribution in [2.45, 2.75) is 78.6 Å². The van der Waals surface area contributed by atoms with Gasteiger partial charge in [0.25, 0.3) is 0 Å². The van der Waals surface area contributed by atoms with Crippen LogP contribution < -0.4 is 0 Å². The van der Waals surface area contributed by atoms with E-state index in [1.54, 1.807) is 6.92 Å². The summed E-state index contributed by atoms with van der Waals surface area (Å²) in [5.41, 5.74) is 0. The van der Waals surface area contributed by atoms with Gasteiger partial charge in [0.1, 0.15) is 0 Å². The maximum absolute atomic E-state index is 12.0. The van der Waals surface area contributed by atoms with E-state index < -0.39 is 17.9 Å². The molecule has 0 rings (SSSR count). The predicted octanol–water partition coefficient (Wildman–Crippen LogP) is 3.73. The molecule has 0 aromatic heterocycles. The highest BCUT2D eigenvalue weighted by Crippen LogP contribution is 2.20. The van der Waals surface area contributed by atoms with Gasteiger partial charge in [0, 0.05) is 19.8 Å². The first-order valence-corrected chi connectivity index (χ1v) is 8.54. The van der Waals surface area contributed by atoms with Gasteiger partial charge in [-0.05, 0) is 25.2 Å². The molecule has 0 saturated heterocycles. The summed E-state index contributed by atoms with van der Waals surface area (Å²) < 4.78 is 16.6. The molecule has 0 heterocycles. The maximum atomic E-state index is 12.0. The molecule has 0 aliphatic rings. The van der Waals surface area contributed by atoms with Gasteiger partial charge in [-0.25, -0.2) is 0 Å². The average molecular weight is 332 g/mol. The van der Waals surface area contributed by atoms with Crippen LogP contribution in [-0.2, 0) is 23.8 Å². The Morgan fingerprint density at radius 1 is 1.09 bits per heavy atom. The minimum Gasteiger partial charge on any atom is -0.481 e. The van der Waals surface area contributed by atoms with E-state index in [1.807, 2.05) is 6.92 Å². The summed E-state index contributed by atoms with van der Waals surface area (Å²) in [7, 11) is 0. The normalized spacial score (nSPS) is 12.9. The molecule has 0 fully saturated rings. The third-order valence-corrected chi connectivity index (χ3v) is 3.39. The van der Waals surface area contributed by atoms with Gasteiger partial charge >= 0.3 is 17.9 Å². The summed E-state index contributed by atoms with van der Waals surface area (Å²) in [6.45, 7) is 8.46. The van der Waals surface area contributed by atoms with Crippen molar-refractivity contribution in [3.05, 3.63) is 0 Å². The SMILES string of the molecule is CCCCOC(C)(OCCCC)OC(=O)CC(C)CCC(=O)O. The van der Waals surface area contributed by atoms with E-state index in [9.17, 15) is 9.59 Å². The Hall–Kier alpha value is -1.14. The Bertz CT molecular complexity index is 332. The van der Waals surface area contributed by atoms with Crippen molar-refractivity contribution in [2.24, 2.45) is 5.92 Å². The second-order valence-corrected chi connectivity index (χ2v) is 5.98. The first kappa shape index (κ1) is 21.9. The van der Waals surface area contributed by atoms with E-state index in [4.69, 9.17) is 19.3 Å². The number of hydrogen-bond donors (Lipinski definition) is 1. The van der Waals surface area contributed by atoms with Crippen LogP contribution in [0.25, 0.3) is 0 Å². The zero-order chi connectivity index (χ0) is 17.7. The molecule has 136 valence electrons. The lowest BCUT2D eigenvalue weighted by Gasteiger charge is -2.29. The van der Waals surface area contributed by atoms with Crippen LogP contribution in [0.1, 0.15) is 72.6 Å². The lowest BCUT2D eigenvalue weighted by Crippen LogP contribution is -2.39. The first-order valence-electron chi connectivity index (χ1n) is 8.54. The molecule has 0 radical (unpaired) electrons. The summed E-state index contributed by atoms with van der Waals surface area (Å²) in [5.74, 6) is -2.72. The van der Waals surface area contributed by atoms with Crippen LogP contribution in [0.2, 0.25) is 0 Å². The number of aliphatic carboxylic acids is 1. The van der Waals surface area contributed by atoms with Crippen molar-refractivity contribution in [3.8, 4) is 0 Å². The number of esters is 1. The molecule has 1 atom stereocenters. The van der Waals surface area contributed by atoms with Crippen molar-refractivity contribution in [1.82, 2.24) is 0 Å². The monoisotopic (exact) mass is 332 g/mol. The van der Waals surface area contributed by atoms with Gasteiger partial charge in [-0.15, -0.1) is 0 Å². The highest BCUT2D eigenvalue weighted by molar-refractivity contribution is 5.70. The quantitative estimate of drug-likeness (QED) is 0.296. The van der Waals surface area contributed by atoms with Crippen molar-refractivity contribution in [2.75, 3.05) is 13.2 Å². The van der Waals surface area contributed by atoms with Crippen LogP contribution in [0.5, 0.6) is 0 Å². The lowest BCUT2D eigenvalue weighted by atomic mass is 10.0. The lowest BCUT2D eigenvalue weighted by molar-refractivity contribution is -0.353. The minimum atomic E-state index is -1.37. The fourth-order valence-corrected chi connectivity index (χ4v) is 1.91. The average Bonchev–Trinajstić information content (AvgIpc) is 2.45. The van der Waals surface area contributed by atoms with E-state index in [1.165, 1.54) is 0 Å². The zero-order valence-electron chi connectivity index (χ0n) is 14.9. The first-order chi connectivity index (χ1) is 10.8. The molecule has 6 nitrogen and oxygen atoms in total. The summed E-state index contributed by atoms with van der Waals surface area (Å²) in [4.78, 5) is 22.6. The van der Waals surface area contributed by atoms with Gasteiger partial charge in [-0.1, -0.05) is 33.6 Å². The van der Waals surface area contributed by atoms with E-state index in [-0.39, 0.29) is 18.8 Å². The molecular formula is C17H32O6. The Kier molecular flexibility index (Phi) is 11.7. The van der Waals surface area contributed by atoms with Crippen LogP contribution >= 0.6 is 0 Å². The minimum absolute atomic E-state index is 0.0473. The number of hydrogen-bond acceptors (Lipinski definition) is 5. The second-order valence-electron chi connectivity index (χ2n) is 5.98. The number of carbonyl (C=O) groups excluding carboxylic acids is 1. The van der Waals surface area contributed by atoms with E-state index >= 15 is 0 Å². The van der Waals surface area contributed by atoms with Crippen molar-refractivity contribution < 1.29 is 28.9 Å².